The van der Waals surface area contributed by atoms with E-state index in [0.717, 1.165) is 13.0 Å². The zero-order chi connectivity index (χ0) is 16.7. The highest BCUT2D eigenvalue weighted by Gasteiger charge is 2.25. The van der Waals surface area contributed by atoms with Crippen LogP contribution in [0.5, 0.6) is 0 Å². The van der Waals surface area contributed by atoms with Crippen LogP contribution in [-0.2, 0) is 9.53 Å². The first-order valence-corrected chi connectivity index (χ1v) is 7.53. The summed E-state index contributed by atoms with van der Waals surface area (Å²) in [6.07, 6.45) is 2.72. The summed E-state index contributed by atoms with van der Waals surface area (Å²) < 4.78 is 18.4. The molecule has 23 heavy (non-hydrogen) atoms. The molecular weight excluding hydrogens is 301 g/mol. The van der Waals surface area contributed by atoms with Crippen LogP contribution < -0.4 is 15.5 Å². The molecule has 1 aromatic heterocycles. The van der Waals surface area contributed by atoms with Crippen LogP contribution in [-0.4, -0.2) is 56.7 Å². The van der Waals surface area contributed by atoms with Crippen LogP contribution in [0.25, 0.3) is 0 Å². The molecule has 0 aromatic carbocycles. The Labute approximate surface area is 134 Å². The van der Waals surface area contributed by atoms with Crippen molar-refractivity contribution in [3.8, 4) is 0 Å². The highest BCUT2D eigenvalue weighted by molar-refractivity contribution is 5.80. The standard InChI is InChI=1S/C15H22FN5O2/c1-17-15(19-8-5-13(22)23-2)20-11-6-9-21(10-11)14-12(16)4-3-7-18-14/h3-4,7,11H,5-6,8-10H2,1-2H3,(H2,17,19,20). The number of carbonyl (C=O) groups is 1. The van der Waals surface area contributed by atoms with E-state index in [-0.39, 0.29) is 24.2 Å². The Morgan fingerprint density at radius 3 is 3.13 bits per heavy atom. The molecule has 1 saturated heterocycles. The van der Waals surface area contributed by atoms with Crippen LogP contribution in [0.15, 0.2) is 23.3 Å². The van der Waals surface area contributed by atoms with E-state index >= 15 is 0 Å². The maximum absolute atomic E-state index is 13.8. The predicted octanol–water partition coefficient (Wildman–Crippen LogP) is 0.527. The van der Waals surface area contributed by atoms with Gasteiger partial charge in [0.1, 0.15) is 0 Å². The van der Waals surface area contributed by atoms with Gasteiger partial charge in [0.2, 0.25) is 0 Å². The number of esters is 1. The molecule has 1 aliphatic rings. The maximum atomic E-state index is 13.8. The summed E-state index contributed by atoms with van der Waals surface area (Å²) in [5.41, 5.74) is 0. The molecule has 0 spiro atoms. The third-order valence-corrected chi connectivity index (χ3v) is 3.64. The first-order valence-electron chi connectivity index (χ1n) is 7.53. The molecular formula is C15H22FN5O2. The van der Waals surface area contributed by atoms with Gasteiger partial charge in [0, 0.05) is 38.9 Å². The quantitative estimate of drug-likeness (QED) is 0.467. The van der Waals surface area contributed by atoms with Gasteiger partial charge in [-0.1, -0.05) is 0 Å². The first kappa shape index (κ1) is 17.0. The highest BCUT2D eigenvalue weighted by Crippen LogP contribution is 2.20. The van der Waals surface area contributed by atoms with Crippen LogP contribution >= 0.6 is 0 Å². The number of hydrogen-bond donors (Lipinski definition) is 2. The molecule has 1 unspecified atom stereocenters. The summed E-state index contributed by atoms with van der Waals surface area (Å²) in [7, 11) is 3.03. The molecule has 0 saturated carbocycles. The number of rotatable bonds is 5. The monoisotopic (exact) mass is 323 g/mol. The molecule has 1 fully saturated rings. The van der Waals surface area contributed by atoms with Crippen LogP contribution in [0, 0.1) is 5.82 Å². The van der Waals surface area contributed by atoms with Gasteiger partial charge in [-0.25, -0.2) is 9.37 Å². The molecule has 2 heterocycles. The van der Waals surface area contributed by atoms with Crippen molar-refractivity contribution in [2.75, 3.05) is 38.7 Å². The lowest BCUT2D eigenvalue weighted by molar-refractivity contribution is -0.140. The molecule has 0 aliphatic carbocycles. The van der Waals surface area contributed by atoms with Gasteiger partial charge in [-0.05, 0) is 18.6 Å². The molecule has 2 N–H and O–H groups in total. The summed E-state index contributed by atoms with van der Waals surface area (Å²) in [5, 5.41) is 6.33. The molecule has 0 radical (unpaired) electrons. The summed E-state index contributed by atoms with van der Waals surface area (Å²) in [4.78, 5) is 21.2. The van der Waals surface area contributed by atoms with Crippen LogP contribution in [0.1, 0.15) is 12.8 Å². The Morgan fingerprint density at radius 2 is 2.43 bits per heavy atom. The fourth-order valence-electron chi connectivity index (χ4n) is 2.45. The van der Waals surface area contributed by atoms with Gasteiger partial charge in [0.15, 0.2) is 17.6 Å². The molecule has 7 nitrogen and oxygen atoms in total. The van der Waals surface area contributed by atoms with E-state index in [9.17, 15) is 9.18 Å². The van der Waals surface area contributed by atoms with Gasteiger partial charge < -0.3 is 20.3 Å². The van der Waals surface area contributed by atoms with Crippen molar-refractivity contribution in [2.24, 2.45) is 4.99 Å². The Hall–Kier alpha value is -2.38. The van der Waals surface area contributed by atoms with Gasteiger partial charge in [0.25, 0.3) is 0 Å². The fraction of sp³-hybridized carbons (Fsp3) is 0.533. The number of methoxy groups -OCH3 is 1. The molecule has 126 valence electrons. The van der Waals surface area contributed by atoms with Crippen molar-refractivity contribution in [3.05, 3.63) is 24.1 Å². The highest BCUT2D eigenvalue weighted by atomic mass is 19.1. The number of pyridine rings is 1. The van der Waals surface area contributed by atoms with E-state index in [1.807, 2.05) is 4.90 Å². The van der Waals surface area contributed by atoms with Crippen LogP contribution in [0.2, 0.25) is 0 Å². The summed E-state index contributed by atoms with van der Waals surface area (Å²) in [5.74, 6) is 0.409. The molecule has 1 atom stereocenters. The normalized spacial score (nSPS) is 18.0. The smallest absolute Gasteiger partial charge is 0.307 e. The zero-order valence-corrected chi connectivity index (χ0v) is 13.4. The van der Waals surface area contributed by atoms with E-state index in [0.29, 0.717) is 24.9 Å². The third-order valence-electron chi connectivity index (χ3n) is 3.64. The summed E-state index contributed by atoms with van der Waals surface area (Å²) in [6, 6.07) is 3.13. The molecule has 8 heteroatoms. The average molecular weight is 323 g/mol. The van der Waals surface area contributed by atoms with E-state index in [2.05, 4.69) is 25.3 Å². The third kappa shape index (κ3) is 4.80. The molecule has 0 bridgehead atoms. The number of aromatic nitrogens is 1. The van der Waals surface area contributed by atoms with Gasteiger partial charge in [-0.15, -0.1) is 0 Å². The molecule has 1 aromatic rings. The number of hydrogen-bond acceptors (Lipinski definition) is 5. The number of ether oxygens (including phenoxy) is 1. The lowest BCUT2D eigenvalue weighted by Gasteiger charge is -2.19. The largest absolute Gasteiger partial charge is 0.469 e. The topological polar surface area (TPSA) is 78.8 Å². The van der Waals surface area contributed by atoms with E-state index in [4.69, 9.17) is 0 Å². The lowest BCUT2D eigenvalue weighted by atomic mass is 10.3. The Balaban J connectivity index is 1.82. The number of halogens is 1. The Morgan fingerprint density at radius 1 is 1.61 bits per heavy atom. The van der Waals surface area contributed by atoms with Gasteiger partial charge in [-0.3, -0.25) is 9.79 Å². The van der Waals surface area contributed by atoms with Crippen molar-refractivity contribution in [2.45, 2.75) is 18.9 Å². The minimum absolute atomic E-state index is 0.140. The second kappa shape index (κ2) is 8.30. The van der Waals surface area contributed by atoms with Crippen molar-refractivity contribution in [3.63, 3.8) is 0 Å². The Bertz CT molecular complexity index is 567. The first-order chi connectivity index (χ1) is 11.1. The molecule has 0 amide bonds. The van der Waals surface area contributed by atoms with Crippen molar-refractivity contribution in [1.29, 1.82) is 0 Å². The predicted molar refractivity (Wildman–Crippen MR) is 85.9 cm³/mol. The summed E-state index contributed by atoms with van der Waals surface area (Å²) in [6.45, 7) is 1.81. The second-order valence-electron chi connectivity index (χ2n) is 5.21. The Kier molecular flexibility index (Phi) is 6.13. The number of aliphatic imine (C=N–C) groups is 1. The summed E-state index contributed by atoms with van der Waals surface area (Å²) >= 11 is 0. The van der Waals surface area contributed by atoms with Crippen LogP contribution in [0.4, 0.5) is 10.2 Å². The van der Waals surface area contributed by atoms with E-state index in [1.54, 1.807) is 19.3 Å². The number of carbonyl (C=O) groups excluding carboxylic acids is 1. The van der Waals surface area contributed by atoms with E-state index in [1.165, 1.54) is 13.2 Å². The van der Waals surface area contributed by atoms with Gasteiger partial charge in [0.05, 0.1) is 13.5 Å². The number of guanidine groups is 1. The van der Waals surface area contributed by atoms with Gasteiger partial charge >= 0.3 is 5.97 Å². The number of nitrogens with one attached hydrogen (secondary N) is 2. The van der Waals surface area contributed by atoms with Crippen molar-refractivity contribution in [1.82, 2.24) is 15.6 Å². The lowest BCUT2D eigenvalue weighted by Crippen LogP contribution is -2.45. The minimum Gasteiger partial charge on any atom is -0.469 e. The molecule has 2 rings (SSSR count). The van der Waals surface area contributed by atoms with E-state index < -0.39 is 0 Å². The van der Waals surface area contributed by atoms with Crippen LogP contribution in [0.3, 0.4) is 0 Å². The second-order valence-corrected chi connectivity index (χ2v) is 5.21. The maximum Gasteiger partial charge on any atom is 0.307 e. The minimum atomic E-state index is -0.311. The SMILES string of the molecule is CN=C(NCCC(=O)OC)NC1CCN(c2ncccc2F)C1. The van der Waals surface area contributed by atoms with Crippen molar-refractivity contribution >= 4 is 17.7 Å². The zero-order valence-electron chi connectivity index (χ0n) is 13.4. The van der Waals surface area contributed by atoms with Crippen molar-refractivity contribution < 1.29 is 13.9 Å². The van der Waals surface area contributed by atoms with Gasteiger partial charge in [-0.2, -0.15) is 0 Å². The average Bonchev–Trinajstić information content (AvgIpc) is 3.02. The number of anilines is 1. The molecule has 1 aliphatic heterocycles. The fourth-order valence-corrected chi connectivity index (χ4v) is 2.45. The number of nitrogens with zero attached hydrogens (tertiary/aromatic N) is 3.